The summed E-state index contributed by atoms with van der Waals surface area (Å²) >= 11 is 0. The van der Waals surface area contributed by atoms with Crippen molar-refractivity contribution in [1.29, 1.82) is 0 Å². The highest BCUT2D eigenvalue weighted by atomic mass is 16.3. The number of piperidine rings is 1. The van der Waals surface area contributed by atoms with Crippen LogP contribution in [-0.2, 0) is 0 Å². The number of hydrogen-bond acceptors (Lipinski definition) is 2. The first kappa shape index (κ1) is 8.52. The van der Waals surface area contributed by atoms with Crippen molar-refractivity contribution >= 4 is 0 Å². The van der Waals surface area contributed by atoms with E-state index in [0.717, 1.165) is 25.9 Å². The van der Waals surface area contributed by atoms with Gasteiger partial charge in [0.05, 0.1) is 6.10 Å². The second kappa shape index (κ2) is 3.00. The molecule has 1 saturated heterocycles. The normalized spacial score (nSPS) is 30.5. The third-order valence-corrected chi connectivity index (χ3v) is 3.62. The standard InChI is InChI=1S/C10H19NO/c1-2-10(5-6-10)11-7-3-9(12)4-8-11/h9,12H,2-8H2,1H3. The van der Waals surface area contributed by atoms with Crippen LogP contribution < -0.4 is 0 Å². The smallest absolute Gasteiger partial charge is 0.0564 e. The monoisotopic (exact) mass is 169 g/mol. The van der Waals surface area contributed by atoms with Gasteiger partial charge < -0.3 is 5.11 Å². The van der Waals surface area contributed by atoms with Crippen molar-refractivity contribution in [2.24, 2.45) is 0 Å². The molecule has 1 heterocycles. The predicted octanol–water partition coefficient (Wildman–Crippen LogP) is 1.39. The second-order valence-corrected chi connectivity index (χ2v) is 4.30. The van der Waals surface area contributed by atoms with Crippen molar-refractivity contribution in [2.75, 3.05) is 13.1 Å². The zero-order valence-corrected chi connectivity index (χ0v) is 7.92. The molecule has 2 heteroatoms. The van der Waals surface area contributed by atoms with Crippen LogP contribution in [0.15, 0.2) is 0 Å². The first-order valence-corrected chi connectivity index (χ1v) is 5.20. The Balaban J connectivity index is 1.89. The van der Waals surface area contributed by atoms with Gasteiger partial charge in [0.1, 0.15) is 0 Å². The van der Waals surface area contributed by atoms with Gasteiger partial charge in [-0.1, -0.05) is 6.92 Å². The van der Waals surface area contributed by atoms with E-state index in [1.54, 1.807) is 0 Å². The highest BCUT2D eigenvalue weighted by Gasteiger charge is 2.46. The van der Waals surface area contributed by atoms with Crippen molar-refractivity contribution in [3.63, 3.8) is 0 Å². The van der Waals surface area contributed by atoms with Crippen LogP contribution >= 0.6 is 0 Å². The Hall–Kier alpha value is -0.0800. The maximum atomic E-state index is 9.36. The summed E-state index contributed by atoms with van der Waals surface area (Å²) in [6.07, 6.45) is 6.03. The largest absolute Gasteiger partial charge is 0.393 e. The van der Waals surface area contributed by atoms with Crippen molar-refractivity contribution < 1.29 is 5.11 Å². The molecule has 2 aliphatic rings. The molecule has 1 aliphatic carbocycles. The first-order valence-electron chi connectivity index (χ1n) is 5.20. The van der Waals surface area contributed by atoms with Crippen LogP contribution in [0.2, 0.25) is 0 Å². The Labute approximate surface area is 74.6 Å². The summed E-state index contributed by atoms with van der Waals surface area (Å²) in [6, 6.07) is 0. The van der Waals surface area contributed by atoms with E-state index < -0.39 is 0 Å². The predicted molar refractivity (Wildman–Crippen MR) is 49.1 cm³/mol. The van der Waals surface area contributed by atoms with Gasteiger partial charge in [0.15, 0.2) is 0 Å². The summed E-state index contributed by atoms with van der Waals surface area (Å²) in [4.78, 5) is 2.60. The molecule has 0 atom stereocenters. The van der Waals surface area contributed by atoms with E-state index in [4.69, 9.17) is 0 Å². The van der Waals surface area contributed by atoms with Gasteiger partial charge in [-0.15, -0.1) is 0 Å². The molecule has 2 rings (SSSR count). The fourth-order valence-corrected chi connectivity index (χ4v) is 2.38. The molecule has 1 N–H and O–H groups in total. The fourth-order valence-electron chi connectivity index (χ4n) is 2.38. The van der Waals surface area contributed by atoms with E-state index in [1.165, 1.54) is 19.3 Å². The number of aliphatic hydroxyl groups is 1. The lowest BCUT2D eigenvalue weighted by atomic mass is 10.0. The molecule has 0 aromatic heterocycles. The summed E-state index contributed by atoms with van der Waals surface area (Å²) in [6.45, 7) is 4.53. The molecule has 70 valence electrons. The highest BCUT2D eigenvalue weighted by molar-refractivity contribution is 5.03. The molecule has 0 unspecified atom stereocenters. The van der Waals surface area contributed by atoms with Gasteiger partial charge >= 0.3 is 0 Å². The summed E-state index contributed by atoms with van der Waals surface area (Å²) in [7, 11) is 0. The van der Waals surface area contributed by atoms with E-state index in [0.29, 0.717) is 5.54 Å². The molecule has 0 amide bonds. The molecular formula is C10H19NO. The van der Waals surface area contributed by atoms with Crippen LogP contribution in [0.1, 0.15) is 39.0 Å². The van der Waals surface area contributed by atoms with E-state index in [1.807, 2.05) is 0 Å². The molecule has 2 nitrogen and oxygen atoms in total. The molecule has 12 heavy (non-hydrogen) atoms. The van der Waals surface area contributed by atoms with E-state index >= 15 is 0 Å². The lowest BCUT2D eigenvalue weighted by Crippen LogP contribution is -2.44. The average molecular weight is 169 g/mol. The minimum absolute atomic E-state index is 0.0195. The lowest BCUT2D eigenvalue weighted by molar-refractivity contribution is 0.0519. The van der Waals surface area contributed by atoms with Gasteiger partial charge in [-0.25, -0.2) is 0 Å². The van der Waals surface area contributed by atoms with Gasteiger partial charge in [0.25, 0.3) is 0 Å². The summed E-state index contributed by atoms with van der Waals surface area (Å²) in [5, 5.41) is 9.36. The Kier molecular flexibility index (Phi) is 2.13. The lowest BCUT2D eigenvalue weighted by Gasteiger charge is -2.36. The number of hydrogen-bond donors (Lipinski definition) is 1. The van der Waals surface area contributed by atoms with E-state index in [9.17, 15) is 5.11 Å². The molecule has 1 aliphatic heterocycles. The van der Waals surface area contributed by atoms with Gasteiger partial charge in [-0.3, -0.25) is 4.90 Å². The Morgan fingerprint density at radius 3 is 2.33 bits per heavy atom. The topological polar surface area (TPSA) is 23.5 Å². The number of aliphatic hydroxyl groups excluding tert-OH is 1. The number of likely N-dealkylation sites (tertiary alicyclic amines) is 1. The quantitative estimate of drug-likeness (QED) is 0.675. The number of rotatable bonds is 2. The average Bonchev–Trinajstić information content (AvgIpc) is 2.86. The summed E-state index contributed by atoms with van der Waals surface area (Å²) < 4.78 is 0. The van der Waals surface area contributed by atoms with Crippen molar-refractivity contribution in [1.82, 2.24) is 4.90 Å². The Morgan fingerprint density at radius 2 is 1.92 bits per heavy atom. The van der Waals surface area contributed by atoms with Crippen molar-refractivity contribution in [3.8, 4) is 0 Å². The summed E-state index contributed by atoms with van der Waals surface area (Å²) in [5.74, 6) is 0. The Morgan fingerprint density at radius 1 is 1.33 bits per heavy atom. The van der Waals surface area contributed by atoms with Gasteiger partial charge in [0.2, 0.25) is 0 Å². The summed E-state index contributed by atoms with van der Waals surface area (Å²) in [5.41, 5.74) is 0.570. The minimum atomic E-state index is -0.0195. The van der Waals surface area contributed by atoms with Crippen LogP contribution in [0.3, 0.4) is 0 Å². The van der Waals surface area contributed by atoms with Crippen LogP contribution in [0, 0.1) is 0 Å². The molecular weight excluding hydrogens is 150 g/mol. The SMILES string of the molecule is CCC1(N2CCC(O)CC2)CC1. The third-order valence-electron chi connectivity index (χ3n) is 3.62. The van der Waals surface area contributed by atoms with Crippen LogP contribution in [0.5, 0.6) is 0 Å². The van der Waals surface area contributed by atoms with Gasteiger partial charge in [0, 0.05) is 18.6 Å². The van der Waals surface area contributed by atoms with Gasteiger partial charge in [-0.05, 0) is 32.1 Å². The van der Waals surface area contributed by atoms with E-state index in [-0.39, 0.29) is 6.10 Å². The Bertz CT molecular complexity index is 157. The van der Waals surface area contributed by atoms with Crippen LogP contribution in [-0.4, -0.2) is 34.7 Å². The van der Waals surface area contributed by atoms with Crippen molar-refractivity contribution in [2.45, 2.75) is 50.7 Å². The van der Waals surface area contributed by atoms with Crippen LogP contribution in [0.4, 0.5) is 0 Å². The van der Waals surface area contributed by atoms with Crippen LogP contribution in [0.25, 0.3) is 0 Å². The molecule has 0 aromatic carbocycles. The fraction of sp³-hybridized carbons (Fsp3) is 1.00. The molecule has 1 saturated carbocycles. The molecule has 2 fully saturated rings. The third kappa shape index (κ3) is 1.38. The molecule has 0 spiro atoms. The second-order valence-electron chi connectivity index (χ2n) is 4.30. The van der Waals surface area contributed by atoms with E-state index in [2.05, 4.69) is 11.8 Å². The zero-order chi connectivity index (χ0) is 8.60. The zero-order valence-electron chi connectivity index (χ0n) is 7.92. The number of nitrogens with zero attached hydrogens (tertiary/aromatic N) is 1. The molecule has 0 aromatic rings. The molecule has 0 bridgehead atoms. The maximum Gasteiger partial charge on any atom is 0.0564 e. The first-order chi connectivity index (χ1) is 5.77. The van der Waals surface area contributed by atoms with Crippen molar-refractivity contribution in [3.05, 3.63) is 0 Å². The molecule has 0 radical (unpaired) electrons. The maximum absolute atomic E-state index is 9.36. The highest BCUT2D eigenvalue weighted by Crippen LogP contribution is 2.45. The van der Waals surface area contributed by atoms with Gasteiger partial charge in [-0.2, -0.15) is 0 Å². The minimum Gasteiger partial charge on any atom is -0.393 e.